The molecule has 2 heterocycles. The Kier molecular flexibility index (Phi) is 13.7. The number of halogens is 1. The zero-order valence-corrected chi connectivity index (χ0v) is 28.4. The Morgan fingerprint density at radius 2 is 1.93 bits per heavy atom. The predicted octanol–water partition coefficient (Wildman–Crippen LogP) is 8.37. The van der Waals surface area contributed by atoms with Gasteiger partial charge in [-0.1, -0.05) is 75.4 Å². The van der Waals surface area contributed by atoms with Gasteiger partial charge in [-0.25, -0.2) is 9.98 Å². The van der Waals surface area contributed by atoms with Crippen LogP contribution in [-0.2, 0) is 4.79 Å². The van der Waals surface area contributed by atoms with Crippen LogP contribution in [-0.4, -0.2) is 66.8 Å². The van der Waals surface area contributed by atoms with Crippen molar-refractivity contribution in [1.29, 1.82) is 0 Å². The highest BCUT2D eigenvalue weighted by atomic mass is 35.5. The lowest BCUT2D eigenvalue weighted by atomic mass is 9.95. The molecular formula is C37H47ClN6O. The quantitative estimate of drug-likeness (QED) is 0.241. The number of hydrogen-bond donors (Lipinski definition) is 1. The van der Waals surface area contributed by atoms with Crippen molar-refractivity contribution >= 4 is 46.7 Å². The van der Waals surface area contributed by atoms with E-state index in [2.05, 4.69) is 59.5 Å². The van der Waals surface area contributed by atoms with Gasteiger partial charge in [0.1, 0.15) is 11.7 Å². The number of hydrogen-bond acceptors (Lipinski definition) is 6. The van der Waals surface area contributed by atoms with Crippen LogP contribution in [0.2, 0.25) is 5.02 Å². The van der Waals surface area contributed by atoms with Crippen LogP contribution in [0.3, 0.4) is 0 Å². The molecule has 1 N–H and O–H groups in total. The maximum Gasteiger partial charge on any atom is 0.260 e. The van der Waals surface area contributed by atoms with Gasteiger partial charge in [-0.15, -0.1) is 6.58 Å². The number of nitrogens with zero attached hydrogens (tertiary/aromatic N) is 5. The average Bonchev–Trinajstić information content (AvgIpc) is 3.06. The highest BCUT2D eigenvalue weighted by Crippen LogP contribution is 2.32. The summed E-state index contributed by atoms with van der Waals surface area (Å²) in [6, 6.07) is 13.8. The Balaban J connectivity index is 0.00000271. The molecule has 0 aromatic heterocycles. The number of carbonyl (C=O) groups excluding carboxylic acids is 1. The van der Waals surface area contributed by atoms with E-state index in [9.17, 15) is 4.79 Å². The summed E-state index contributed by atoms with van der Waals surface area (Å²) in [5.41, 5.74) is 4.87. The van der Waals surface area contributed by atoms with E-state index >= 15 is 0 Å². The fourth-order valence-electron chi connectivity index (χ4n) is 5.22. The fourth-order valence-corrected chi connectivity index (χ4v) is 5.50. The zero-order chi connectivity index (χ0) is 32.9. The molecule has 45 heavy (non-hydrogen) atoms. The molecule has 0 aliphatic carbocycles. The van der Waals surface area contributed by atoms with Crippen LogP contribution in [0, 0.1) is 0 Å². The van der Waals surface area contributed by atoms with Crippen LogP contribution in [0.1, 0.15) is 70.1 Å². The third-order valence-corrected chi connectivity index (χ3v) is 7.75. The number of carbonyl (C=O) groups is 1. The second-order valence-electron chi connectivity index (χ2n) is 10.6. The normalized spacial score (nSPS) is 17.1. The maximum atomic E-state index is 13.7. The Morgan fingerprint density at radius 1 is 1.20 bits per heavy atom. The number of rotatable bonds is 12. The molecule has 0 saturated carbocycles. The molecule has 4 rings (SSSR count). The van der Waals surface area contributed by atoms with Crippen molar-refractivity contribution in [3.63, 3.8) is 0 Å². The SMILES string of the molecule is C=CC(CN(C)CCC)c1ccc(NC(=C)/N=C2\C(=C/C)C=C(c3ccc(C4=NCCC=N4)cc3Cl)C(=O)N2CC)cc1.CC. The molecule has 7 nitrogen and oxygen atoms in total. The Hall–Kier alpha value is -4.07. The molecule has 0 fully saturated rings. The van der Waals surface area contributed by atoms with E-state index in [1.807, 2.05) is 82.5 Å². The first kappa shape index (κ1) is 35.4. The second kappa shape index (κ2) is 17.4. The van der Waals surface area contributed by atoms with Gasteiger partial charge in [-0.3, -0.25) is 14.7 Å². The van der Waals surface area contributed by atoms with Crippen LogP contribution in [0.5, 0.6) is 0 Å². The van der Waals surface area contributed by atoms with Crippen LogP contribution < -0.4 is 5.32 Å². The summed E-state index contributed by atoms with van der Waals surface area (Å²) < 4.78 is 0. The number of aliphatic imine (C=N–C) groups is 3. The first-order valence-electron chi connectivity index (χ1n) is 15.8. The van der Waals surface area contributed by atoms with Gasteiger partial charge in [0.2, 0.25) is 0 Å². The van der Waals surface area contributed by atoms with E-state index in [1.54, 1.807) is 4.90 Å². The first-order chi connectivity index (χ1) is 21.8. The Bertz CT molecular complexity index is 1520. The van der Waals surface area contributed by atoms with Gasteiger partial charge < -0.3 is 10.2 Å². The van der Waals surface area contributed by atoms with Gasteiger partial charge in [-0.2, -0.15) is 0 Å². The van der Waals surface area contributed by atoms with E-state index in [0.717, 1.165) is 42.8 Å². The van der Waals surface area contributed by atoms with Crippen molar-refractivity contribution in [2.45, 2.75) is 53.4 Å². The average molecular weight is 627 g/mol. The van der Waals surface area contributed by atoms with Crippen LogP contribution in [0.4, 0.5) is 5.69 Å². The molecule has 1 unspecified atom stereocenters. The minimum Gasteiger partial charge on any atom is -0.341 e. The number of anilines is 1. The minimum atomic E-state index is -0.171. The molecule has 1 amide bonds. The number of likely N-dealkylation sites (N-methyl/N-ethyl adjacent to an activating group) is 2. The standard InChI is InChI=1S/C35H41ClN6O.C2H6/c1-7-20-41(6)23-26(9-3)27-12-15-29(16-13-27)39-24(5)40-34-25(8-2)21-31(35(43)42(34)10-4)30-17-14-28(22-32(30)36)33-37-18-11-19-38-33;1-2/h8-9,12-18,21-22,26,39H,3,5,7,10-11,19-20,23H2,1-2,4,6H3;1-2H3/b25-8-,40-34+;. The van der Waals surface area contributed by atoms with Crippen molar-refractivity contribution in [3.8, 4) is 0 Å². The van der Waals surface area contributed by atoms with E-state index in [0.29, 0.717) is 46.7 Å². The van der Waals surface area contributed by atoms with E-state index in [-0.39, 0.29) is 11.8 Å². The molecular weight excluding hydrogens is 580 g/mol. The lowest BCUT2D eigenvalue weighted by molar-refractivity contribution is -0.121. The maximum absolute atomic E-state index is 13.7. The van der Waals surface area contributed by atoms with Gasteiger partial charge in [-0.05, 0) is 63.7 Å². The lowest BCUT2D eigenvalue weighted by Crippen LogP contribution is -2.41. The summed E-state index contributed by atoms with van der Waals surface area (Å²) in [5, 5.41) is 3.75. The summed E-state index contributed by atoms with van der Waals surface area (Å²) in [6.07, 6.45) is 9.60. The molecule has 2 aromatic carbocycles. The Morgan fingerprint density at radius 3 is 2.51 bits per heavy atom. The van der Waals surface area contributed by atoms with Gasteiger partial charge in [0.05, 0.1) is 0 Å². The van der Waals surface area contributed by atoms with Crippen LogP contribution >= 0.6 is 11.6 Å². The van der Waals surface area contributed by atoms with E-state index < -0.39 is 0 Å². The van der Waals surface area contributed by atoms with E-state index in [4.69, 9.17) is 16.6 Å². The van der Waals surface area contributed by atoms with E-state index in [1.165, 1.54) is 5.56 Å². The van der Waals surface area contributed by atoms with Crippen molar-refractivity contribution in [1.82, 2.24) is 9.80 Å². The molecule has 2 aliphatic rings. The number of allylic oxidation sites excluding steroid dienone is 1. The molecule has 2 aliphatic heterocycles. The largest absolute Gasteiger partial charge is 0.341 e. The molecule has 0 radical (unpaired) electrons. The zero-order valence-electron chi connectivity index (χ0n) is 27.6. The summed E-state index contributed by atoms with van der Waals surface area (Å²) in [6.45, 7) is 21.3. The first-order valence-corrected chi connectivity index (χ1v) is 16.2. The smallest absolute Gasteiger partial charge is 0.260 e. The van der Waals surface area contributed by atoms with Gasteiger partial charge in [0.15, 0.2) is 5.84 Å². The molecule has 0 spiro atoms. The molecule has 8 heteroatoms. The third kappa shape index (κ3) is 8.99. The monoisotopic (exact) mass is 626 g/mol. The van der Waals surface area contributed by atoms with Crippen molar-refractivity contribution < 1.29 is 4.79 Å². The Labute approximate surface area is 274 Å². The molecule has 1 atom stereocenters. The van der Waals surface area contributed by atoms with Gasteiger partial charge >= 0.3 is 0 Å². The predicted molar refractivity (Wildman–Crippen MR) is 194 cm³/mol. The van der Waals surface area contributed by atoms with Crippen molar-refractivity contribution in [2.75, 3.05) is 38.5 Å². The highest BCUT2D eigenvalue weighted by molar-refractivity contribution is 6.38. The molecule has 238 valence electrons. The van der Waals surface area contributed by atoms with Crippen LogP contribution in [0.25, 0.3) is 5.57 Å². The lowest BCUT2D eigenvalue weighted by Gasteiger charge is -2.30. The minimum absolute atomic E-state index is 0.171. The highest BCUT2D eigenvalue weighted by Gasteiger charge is 2.31. The summed E-state index contributed by atoms with van der Waals surface area (Å²) >= 11 is 6.72. The number of nitrogens with one attached hydrogen (secondary N) is 1. The number of amidine groups is 2. The molecule has 2 aromatic rings. The van der Waals surface area contributed by atoms with Gasteiger partial charge in [0, 0.05) is 71.2 Å². The summed E-state index contributed by atoms with van der Waals surface area (Å²) in [7, 11) is 2.14. The third-order valence-electron chi connectivity index (χ3n) is 7.43. The van der Waals surface area contributed by atoms with Crippen molar-refractivity contribution in [3.05, 3.63) is 107 Å². The summed E-state index contributed by atoms with van der Waals surface area (Å²) in [4.78, 5) is 31.3. The summed E-state index contributed by atoms with van der Waals surface area (Å²) in [5.74, 6) is 1.71. The number of amides is 1. The fraction of sp³-hybridized carbons (Fsp3) is 0.351. The van der Waals surface area contributed by atoms with Crippen LogP contribution in [0.15, 0.2) is 100 Å². The second-order valence-corrected chi connectivity index (χ2v) is 11.0. The van der Waals surface area contributed by atoms with Gasteiger partial charge in [0.25, 0.3) is 5.91 Å². The molecule has 0 saturated heterocycles. The molecule has 0 bridgehead atoms. The topological polar surface area (TPSA) is 72.7 Å². The van der Waals surface area contributed by atoms with Crippen molar-refractivity contribution in [2.24, 2.45) is 15.0 Å². The number of benzene rings is 2.